The lowest BCUT2D eigenvalue weighted by atomic mass is 9.49. The SMILES string of the molecule is N#CSc1ccc(NC(=O)NCC23CC4CC(CC(C4)C2)C3)cc1. The number of carbonyl (C=O) groups is 1. The molecule has 4 aliphatic rings. The van der Waals surface area contributed by atoms with Crippen LogP contribution < -0.4 is 10.6 Å². The van der Waals surface area contributed by atoms with Crippen molar-refractivity contribution in [3.05, 3.63) is 24.3 Å². The molecule has 0 radical (unpaired) electrons. The fourth-order valence-electron chi connectivity index (χ4n) is 5.61. The van der Waals surface area contributed by atoms with Gasteiger partial charge in [0.25, 0.3) is 0 Å². The number of rotatable bonds is 4. The first kappa shape index (κ1) is 15.8. The number of urea groups is 1. The fraction of sp³-hybridized carbons (Fsp3) is 0.579. The van der Waals surface area contributed by atoms with E-state index in [1.54, 1.807) is 0 Å². The Labute approximate surface area is 147 Å². The van der Waals surface area contributed by atoms with E-state index >= 15 is 0 Å². The maximum absolute atomic E-state index is 12.2. The molecule has 4 bridgehead atoms. The van der Waals surface area contributed by atoms with E-state index in [-0.39, 0.29) is 6.03 Å². The Hall–Kier alpha value is -1.67. The van der Waals surface area contributed by atoms with Crippen molar-refractivity contribution in [2.75, 3.05) is 11.9 Å². The first-order chi connectivity index (χ1) is 11.6. The molecule has 4 saturated carbocycles. The molecular weight excluding hydrogens is 318 g/mol. The van der Waals surface area contributed by atoms with Gasteiger partial charge in [0.05, 0.1) is 0 Å². The van der Waals surface area contributed by atoms with Gasteiger partial charge in [0, 0.05) is 17.1 Å². The molecule has 5 rings (SSSR count). The molecule has 0 aliphatic heterocycles. The molecule has 0 heterocycles. The number of carbonyl (C=O) groups excluding carboxylic acids is 1. The number of thioether (sulfide) groups is 1. The van der Waals surface area contributed by atoms with Crippen molar-refractivity contribution >= 4 is 23.5 Å². The number of hydrogen-bond acceptors (Lipinski definition) is 3. The molecule has 2 N–H and O–H groups in total. The highest BCUT2D eigenvalue weighted by molar-refractivity contribution is 8.03. The lowest BCUT2D eigenvalue weighted by Crippen LogP contribution is -2.51. The normalized spacial score (nSPS) is 33.0. The zero-order valence-electron chi connectivity index (χ0n) is 13.8. The maximum Gasteiger partial charge on any atom is 0.319 e. The minimum absolute atomic E-state index is 0.119. The van der Waals surface area contributed by atoms with Crippen molar-refractivity contribution in [2.45, 2.75) is 43.4 Å². The van der Waals surface area contributed by atoms with Gasteiger partial charge in [0.1, 0.15) is 5.40 Å². The number of thiocyanates is 1. The Morgan fingerprint density at radius 3 is 2.25 bits per heavy atom. The number of benzene rings is 1. The zero-order chi connectivity index (χ0) is 16.6. The summed E-state index contributed by atoms with van der Waals surface area (Å²) in [5, 5.41) is 16.7. The van der Waals surface area contributed by atoms with Gasteiger partial charge in [-0.2, -0.15) is 5.26 Å². The van der Waals surface area contributed by atoms with Gasteiger partial charge in [-0.25, -0.2) is 4.79 Å². The number of nitriles is 1. The highest BCUT2D eigenvalue weighted by atomic mass is 32.2. The van der Waals surface area contributed by atoms with E-state index in [2.05, 4.69) is 10.6 Å². The molecule has 0 saturated heterocycles. The third-order valence-corrected chi connectivity index (χ3v) is 6.66. The van der Waals surface area contributed by atoms with E-state index in [4.69, 9.17) is 5.26 Å². The van der Waals surface area contributed by atoms with E-state index in [1.807, 2.05) is 29.7 Å². The quantitative estimate of drug-likeness (QED) is 0.621. The molecule has 1 aromatic carbocycles. The van der Waals surface area contributed by atoms with Crippen molar-refractivity contribution in [2.24, 2.45) is 23.2 Å². The van der Waals surface area contributed by atoms with Crippen LogP contribution in [0.4, 0.5) is 10.5 Å². The molecule has 0 unspecified atom stereocenters. The van der Waals surface area contributed by atoms with Crippen LogP contribution in [-0.4, -0.2) is 12.6 Å². The largest absolute Gasteiger partial charge is 0.337 e. The smallest absolute Gasteiger partial charge is 0.319 e. The van der Waals surface area contributed by atoms with Crippen LogP contribution in [0, 0.1) is 33.8 Å². The molecule has 0 atom stereocenters. The second-order valence-corrected chi connectivity index (χ2v) is 8.80. The highest BCUT2D eigenvalue weighted by Gasteiger charge is 2.50. The molecule has 5 heteroatoms. The van der Waals surface area contributed by atoms with Crippen molar-refractivity contribution in [3.63, 3.8) is 0 Å². The molecular formula is C19H23N3OS. The van der Waals surface area contributed by atoms with Crippen LogP contribution in [0.15, 0.2) is 29.2 Å². The third kappa shape index (κ3) is 3.25. The molecule has 2 amide bonds. The van der Waals surface area contributed by atoms with Crippen LogP contribution in [0.3, 0.4) is 0 Å². The van der Waals surface area contributed by atoms with Crippen molar-refractivity contribution < 1.29 is 4.79 Å². The third-order valence-electron chi connectivity index (χ3n) is 6.06. The predicted molar refractivity (Wildman–Crippen MR) is 95.5 cm³/mol. The number of hydrogen-bond donors (Lipinski definition) is 2. The van der Waals surface area contributed by atoms with Crippen molar-refractivity contribution in [1.82, 2.24) is 5.32 Å². The first-order valence-corrected chi connectivity index (χ1v) is 9.67. The Kier molecular flexibility index (Phi) is 4.17. The number of nitrogens with one attached hydrogen (secondary N) is 2. The Balaban J connectivity index is 1.31. The van der Waals surface area contributed by atoms with Crippen LogP contribution >= 0.6 is 11.8 Å². The van der Waals surface area contributed by atoms with Crippen molar-refractivity contribution in [3.8, 4) is 5.40 Å². The summed E-state index contributed by atoms with van der Waals surface area (Å²) in [5.41, 5.74) is 1.12. The summed E-state index contributed by atoms with van der Waals surface area (Å²) < 4.78 is 0. The van der Waals surface area contributed by atoms with E-state index in [9.17, 15) is 4.79 Å². The summed E-state index contributed by atoms with van der Waals surface area (Å²) in [7, 11) is 0. The van der Waals surface area contributed by atoms with Gasteiger partial charge < -0.3 is 10.6 Å². The minimum Gasteiger partial charge on any atom is -0.337 e. The number of nitrogens with zero attached hydrogens (tertiary/aromatic N) is 1. The average Bonchev–Trinajstić information content (AvgIpc) is 2.54. The summed E-state index contributed by atoms with van der Waals surface area (Å²) >= 11 is 1.12. The summed E-state index contributed by atoms with van der Waals surface area (Å²) in [6.45, 7) is 0.810. The molecule has 4 aliphatic carbocycles. The topological polar surface area (TPSA) is 64.9 Å². The first-order valence-electron chi connectivity index (χ1n) is 8.85. The van der Waals surface area contributed by atoms with Crippen molar-refractivity contribution in [1.29, 1.82) is 5.26 Å². The van der Waals surface area contributed by atoms with Crippen LogP contribution in [-0.2, 0) is 0 Å². The van der Waals surface area contributed by atoms with Gasteiger partial charge in [-0.15, -0.1) is 0 Å². The van der Waals surface area contributed by atoms with Gasteiger partial charge in [-0.1, -0.05) is 0 Å². The van der Waals surface area contributed by atoms with Gasteiger partial charge in [0.2, 0.25) is 0 Å². The highest BCUT2D eigenvalue weighted by Crippen LogP contribution is 2.59. The predicted octanol–water partition coefficient (Wildman–Crippen LogP) is 4.60. The maximum atomic E-state index is 12.2. The molecule has 0 spiro atoms. The summed E-state index contributed by atoms with van der Waals surface area (Å²) in [6, 6.07) is 7.26. The Morgan fingerprint density at radius 1 is 1.12 bits per heavy atom. The molecule has 126 valence electrons. The average molecular weight is 341 g/mol. The van der Waals surface area contributed by atoms with Crippen LogP contribution in [0.5, 0.6) is 0 Å². The molecule has 4 nitrogen and oxygen atoms in total. The van der Waals surface area contributed by atoms with Gasteiger partial charge in [-0.3, -0.25) is 0 Å². The zero-order valence-corrected chi connectivity index (χ0v) is 14.6. The minimum atomic E-state index is -0.119. The van der Waals surface area contributed by atoms with E-state index < -0.39 is 0 Å². The van der Waals surface area contributed by atoms with E-state index in [0.717, 1.165) is 46.6 Å². The molecule has 0 aromatic heterocycles. The number of anilines is 1. The number of amides is 2. The molecule has 1 aromatic rings. The van der Waals surface area contributed by atoms with Crippen LogP contribution in [0.25, 0.3) is 0 Å². The Bertz CT molecular complexity index is 629. The van der Waals surface area contributed by atoms with Gasteiger partial charge in [0.15, 0.2) is 0 Å². The lowest BCUT2D eigenvalue weighted by Gasteiger charge is -2.56. The van der Waals surface area contributed by atoms with Gasteiger partial charge >= 0.3 is 6.03 Å². The summed E-state index contributed by atoms with van der Waals surface area (Å²) in [5.74, 6) is 2.73. The summed E-state index contributed by atoms with van der Waals surface area (Å²) in [6.07, 6.45) is 8.20. The fourth-order valence-corrected chi connectivity index (χ4v) is 5.99. The van der Waals surface area contributed by atoms with E-state index in [0.29, 0.717) is 5.41 Å². The Morgan fingerprint density at radius 2 is 1.71 bits per heavy atom. The molecule has 4 fully saturated rings. The van der Waals surface area contributed by atoms with Crippen LogP contribution in [0.1, 0.15) is 38.5 Å². The lowest BCUT2D eigenvalue weighted by molar-refractivity contribution is -0.0496. The second kappa shape index (κ2) is 6.33. The standard InChI is InChI=1S/C19H23N3OS/c20-12-24-17-3-1-16(2-4-17)22-18(23)21-11-19-8-13-5-14(9-19)7-15(6-13)10-19/h1-4,13-15H,5-11H2,(H2,21,22,23). The van der Waals surface area contributed by atoms with Gasteiger partial charge in [-0.05, 0) is 97.7 Å². The monoisotopic (exact) mass is 341 g/mol. The summed E-state index contributed by atoms with van der Waals surface area (Å²) in [4.78, 5) is 13.1. The van der Waals surface area contributed by atoms with Crippen LogP contribution in [0.2, 0.25) is 0 Å². The molecule has 24 heavy (non-hydrogen) atoms. The van der Waals surface area contributed by atoms with E-state index in [1.165, 1.54) is 38.5 Å². The second-order valence-electron chi connectivity index (χ2n) is 7.94.